The fraction of sp³-hybridized carbons (Fsp3) is 0.538. The van der Waals surface area contributed by atoms with Crippen molar-refractivity contribution in [1.29, 1.82) is 0 Å². The highest BCUT2D eigenvalue weighted by atomic mass is 79.9. The van der Waals surface area contributed by atoms with Gasteiger partial charge in [-0.15, -0.1) is 0 Å². The molecular weight excluding hydrogens is 307 g/mol. The summed E-state index contributed by atoms with van der Waals surface area (Å²) in [5.74, 6) is -1.11. The van der Waals surface area contributed by atoms with Crippen molar-refractivity contribution in [2.24, 2.45) is 5.92 Å². The molecule has 0 atom stereocenters. The van der Waals surface area contributed by atoms with Crippen molar-refractivity contribution in [1.82, 2.24) is 0 Å². The van der Waals surface area contributed by atoms with E-state index in [1.54, 1.807) is 0 Å². The number of hydrogen-bond acceptors (Lipinski definition) is 1. The summed E-state index contributed by atoms with van der Waals surface area (Å²) >= 11 is 3.37. The molecule has 1 aromatic rings. The molecule has 1 nitrogen and oxygen atoms in total. The minimum atomic E-state index is -4.03. The summed E-state index contributed by atoms with van der Waals surface area (Å²) in [6.07, 6.45) is -2.40. The lowest BCUT2D eigenvalue weighted by molar-refractivity contribution is -0.182. The van der Waals surface area contributed by atoms with Crippen molar-refractivity contribution in [2.45, 2.75) is 37.9 Å². The van der Waals surface area contributed by atoms with Gasteiger partial charge in [0.25, 0.3) is 0 Å². The summed E-state index contributed by atoms with van der Waals surface area (Å²) < 4.78 is 38.5. The monoisotopic (exact) mass is 321 g/mol. The molecule has 0 bridgehead atoms. The highest BCUT2D eigenvalue weighted by Gasteiger charge is 2.41. The van der Waals surface area contributed by atoms with E-state index in [0.717, 1.165) is 10.2 Å². The van der Waals surface area contributed by atoms with E-state index in [-0.39, 0.29) is 18.9 Å². The Balaban J connectivity index is 1.87. The van der Waals surface area contributed by atoms with Gasteiger partial charge < -0.3 is 5.32 Å². The Labute approximate surface area is 113 Å². The Morgan fingerprint density at radius 1 is 1.11 bits per heavy atom. The average Bonchev–Trinajstić information content (AvgIpc) is 2.28. The minimum Gasteiger partial charge on any atom is -0.382 e. The molecule has 0 amide bonds. The Morgan fingerprint density at radius 3 is 2.33 bits per heavy atom. The first-order valence-corrected chi connectivity index (χ1v) is 6.83. The summed E-state index contributed by atoms with van der Waals surface area (Å²) in [5, 5.41) is 3.30. The van der Waals surface area contributed by atoms with Gasteiger partial charge in [0.2, 0.25) is 0 Å². The van der Waals surface area contributed by atoms with Crippen LogP contribution in [0.4, 0.5) is 18.9 Å². The van der Waals surface area contributed by atoms with E-state index < -0.39 is 12.1 Å². The molecule has 0 aliphatic heterocycles. The lowest BCUT2D eigenvalue weighted by Gasteiger charge is -2.30. The molecule has 0 unspecified atom stereocenters. The lowest BCUT2D eigenvalue weighted by Crippen LogP contribution is -2.32. The van der Waals surface area contributed by atoms with Gasteiger partial charge in [-0.25, -0.2) is 0 Å². The molecule has 1 aliphatic carbocycles. The van der Waals surface area contributed by atoms with Crippen molar-refractivity contribution in [2.75, 3.05) is 5.32 Å². The molecule has 5 heteroatoms. The smallest absolute Gasteiger partial charge is 0.382 e. The van der Waals surface area contributed by atoms with Gasteiger partial charge in [-0.05, 0) is 43.9 Å². The molecule has 1 fully saturated rings. The summed E-state index contributed by atoms with van der Waals surface area (Å²) in [7, 11) is 0. The van der Waals surface area contributed by atoms with Gasteiger partial charge in [-0.1, -0.05) is 22.0 Å². The van der Waals surface area contributed by atoms with E-state index in [1.165, 1.54) is 0 Å². The van der Waals surface area contributed by atoms with Crippen molar-refractivity contribution >= 4 is 21.6 Å². The first-order chi connectivity index (χ1) is 8.45. The van der Waals surface area contributed by atoms with Crippen LogP contribution in [-0.2, 0) is 0 Å². The van der Waals surface area contributed by atoms with Crippen LogP contribution in [0.25, 0.3) is 0 Å². The van der Waals surface area contributed by atoms with Crippen molar-refractivity contribution in [3.63, 3.8) is 0 Å². The Bertz CT molecular complexity index is 397. The first-order valence-electron chi connectivity index (χ1n) is 6.04. The summed E-state index contributed by atoms with van der Waals surface area (Å²) in [6, 6.07) is 7.86. The van der Waals surface area contributed by atoms with Gasteiger partial charge in [0.1, 0.15) is 0 Å². The van der Waals surface area contributed by atoms with E-state index in [9.17, 15) is 13.2 Å². The normalized spacial score (nSPS) is 24.9. The van der Waals surface area contributed by atoms with Crippen molar-refractivity contribution in [3.05, 3.63) is 28.7 Å². The van der Waals surface area contributed by atoms with E-state index >= 15 is 0 Å². The molecule has 1 N–H and O–H groups in total. The van der Waals surface area contributed by atoms with Crippen LogP contribution in [0.5, 0.6) is 0 Å². The number of alkyl halides is 3. The molecule has 18 heavy (non-hydrogen) atoms. The third kappa shape index (κ3) is 3.64. The molecule has 0 heterocycles. The Morgan fingerprint density at radius 2 is 1.78 bits per heavy atom. The highest BCUT2D eigenvalue weighted by Crippen LogP contribution is 2.38. The number of nitrogens with one attached hydrogen (secondary N) is 1. The van der Waals surface area contributed by atoms with Crippen molar-refractivity contribution in [3.8, 4) is 0 Å². The minimum absolute atomic E-state index is 0.151. The molecule has 0 spiro atoms. The fourth-order valence-corrected chi connectivity index (χ4v) is 2.78. The van der Waals surface area contributed by atoms with Gasteiger partial charge in [0.05, 0.1) is 5.92 Å². The molecule has 0 aromatic heterocycles. The zero-order valence-corrected chi connectivity index (χ0v) is 11.4. The Kier molecular flexibility index (Phi) is 4.20. The predicted octanol–water partition coefficient (Wildman–Crippen LogP) is 4.98. The summed E-state index contributed by atoms with van der Waals surface area (Å²) in [4.78, 5) is 0. The van der Waals surface area contributed by atoms with Gasteiger partial charge in [0.15, 0.2) is 0 Å². The molecule has 0 saturated heterocycles. The lowest BCUT2D eigenvalue weighted by atomic mass is 9.85. The average molecular weight is 322 g/mol. The van der Waals surface area contributed by atoms with Crippen LogP contribution in [0.2, 0.25) is 0 Å². The van der Waals surface area contributed by atoms with Gasteiger partial charge in [0, 0.05) is 16.2 Å². The number of hydrogen-bond donors (Lipinski definition) is 1. The summed E-state index contributed by atoms with van der Waals surface area (Å²) in [6.45, 7) is 0. The van der Waals surface area contributed by atoms with E-state index in [0.29, 0.717) is 12.8 Å². The number of rotatable bonds is 2. The fourth-order valence-electron chi connectivity index (χ4n) is 2.38. The largest absolute Gasteiger partial charge is 0.391 e. The molecule has 1 aliphatic rings. The molecule has 100 valence electrons. The van der Waals surface area contributed by atoms with Crippen LogP contribution >= 0.6 is 15.9 Å². The molecule has 1 saturated carbocycles. The van der Waals surface area contributed by atoms with Gasteiger partial charge in [-0.3, -0.25) is 0 Å². The van der Waals surface area contributed by atoms with Crippen LogP contribution in [0, 0.1) is 5.92 Å². The maximum Gasteiger partial charge on any atom is 0.391 e. The first kappa shape index (κ1) is 13.7. The maximum atomic E-state index is 12.5. The van der Waals surface area contributed by atoms with Crippen LogP contribution in [0.1, 0.15) is 25.7 Å². The summed E-state index contributed by atoms with van der Waals surface area (Å²) in [5.41, 5.74) is 0.958. The van der Waals surface area contributed by atoms with E-state index in [2.05, 4.69) is 21.2 Å². The number of halogens is 4. The molecular formula is C13H15BrF3N. The van der Waals surface area contributed by atoms with Crippen LogP contribution in [0.3, 0.4) is 0 Å². The topological polar surface area (TPSA) is 12.0 Å². The number of benzene rings is 1. The third-order valence-electron chi connectivity index (χ3n) is 3.39. The SMILES string of the molecule is FC(F)(F)C1CCC(Nc2cccc(Br)c2)CC1. The maximum absolute atomic E-state index is 12.5. The number of anilines is 1. The third-order valence-corrected chi connectivity index (χ3v) is 3.88. The van der Waals surface area contributed by atoms with Crippen molar-refractivity contribution < 1.29 is 13.2 Å². The second-order valence-corrected chi connectivity index (χ2v) is 5.66. The quantitative estimate of drug-likeness (QED) is 0.809. The molecule has 2 rings (SSSR count). The predicted molar refractivity (Wildman–Crippen MR) is 69.6 cm³/mol. The Hall–Kier alpha value is -0.710. The highest BCUT2D eigenvalue weighted by molar-refractivity contribution is 9.10. The van der Waals surface area contributed by atoms with E-state index in [4.69, 9.17) is 0 Å². The van der Waals surface area contributed by atoms with Crippen LogP contribution in [-0.4, -0.2) is 12.2 Å². The van der Waals surface area contributed by atoms with Crippen LogP contribution < -0.4 is 5.32 Å². The second kappa shape index (κ2) is 5.51. The van der Waals surface area contributed by atoms with Gasteiger partial charge in [-0.2, -0.15) is 13.2 Å². The van der Waals surface area contributed by atoms with Gasteiger partial charge >= 0.3 is 6.18 Å². The molecule has 0 radical (unpaired) electrons. The van der Waals surface area contributed by atoms with E-state index in [1.807, 2.05) is 24.3 Å². The zero-order chi connectivity index (χ0) is 13.2. The molecule has 1 aromatic carbocycles. The van der Waals surface area contributed by atoms with Crippen LogP contribution in [0.15, 0.2) is 28.7 Å². The second-order valence-electron chi connectivity index (χ2n) is 4.74. The zero-order valence-electron chi connectivity index (χ0n) is 9.80. The standard InChI is InChI=1S/C13H15BrF3N/c14-10-2-1-3-12(8-10)18-11-6-4-9(5-7-11)13(15,16)17/h1-3,8-9,11,18H,4-7H2.